The van der Waals surface area contributed by atoms with Gasteiger partial charge in [-0.05, 0) is 34.7 Å². The quantitative estimate of drug-likeness (QED) is 0.544. The van der Waals surface area contributed by atoms with Crippen LogP contribution in [0.2, 0.25) is 0 Å². The van der Waals surface area contributed by atoms with Crippen molar-refractivity contribution in [2.24, 2.45) is 0 Å². The van der Waals surface area contributed by atoms with Crippen molar-refractivity contribution < 1.29 is 9.04 Å². The first-order chi connectivity index (χ1) is 8.93. The summed E-state index contributed by atoms with van der Waals surface area (Å²) >= 11 is 0. The Labute approximate surface area is 96.7 Å². The van der Waals surface area contributed by atoms with Crippen molar-refractivity contribution in [2.45, 2.75) is 6.37 Å². The van der Waals surface area contributed by atoms with Crippen molar-refractivity contribution in [3.8, 4) is 11.1 Å². The summed E-state index contributed by atoms with van der Waals surface area (Å²) in [6, 6.07) is 9.31. The average Bonchev–Trinajstić information content (AvgIpc) is 2.58. The highest BCUT2D eigenvalue weighted by Gasteiger charge is 2.20. The van der Waals surface area contributed by atoms with E-state index in [1.165, 1.54) is 12.1 Å². The first-order valence-corrected chi connectivity index (χ1v) is 4.82. The summed E-state index contributed by atoms with van der Waals surface area (Å²) in [7, 11) is 0. The maximum Gasteiger partial charge on any atom is 0.269 e. The first-order valence-electron chi connectivity index (χ1n) is 6.32. The fourth-order valence-corrected chi connectivity index (χ4v) is 1.88. The summed E-state index contributed by atoms with van der Waals surface area (Å²) < 4.78 is 24.0. The van der Waals surface area contributed by atoms with Gasteiger partial charge in [0.1, 0.15) is 0 Å². The van der Waals surface area contributed by atoms with Crippen molar-refractivity contribution >= 4 is 5.69 Å². The standard InChI is InChI=1S/C13H9NO2/c15-14(16)11-5-6-13-10(8-11)7-9-3-1-2-4-12(9)13/h1-6,8H,7H2/i5T,7T2. The fourth-order valence-electron chi connectivity index (χ4n) is 1.88. The number of nitro benzene ring substituents is 1. The van der Waals surface area contributed by atoms with Gasteiger partial charge in [-0.2, -0.15) is 0 Å². The van der Waals surface area contributed by atoms with E-state index in [4.69, 9.17) is 4.11 Å². The topological polar surface area (TPSA) is 43.1 Å². The summed E-state index contributed by atoms with van der Waals surface area (Å²) in [4.78, 5) is 10.2. The van der Waals surface area contributed by atoms with E-state index in [9.17, 15) is 10.1 Å². The average molecular weight is 217 g/mol. The molecule has 78 valence electrons. The van der Waals surface area contributed by atoms with Crippen molar-refractivity contribution in [1.29, 1.82) is 0 Å². The van der Waals surface area contributed by atoms with Crippen LogP contribution in [0.1, 0.15) is 15.2 Å². The predicted octanol–water partition coefficient (Wildman–Crippen LogP) is 3.17. The molecule has 0 atom stereocenters. The third-order valence-electron chi connectivity index (χ3n) is 2.62. The zero-order valence-electron chi connectivity index (χ0n) is 11.2. The van der Waals surface area contributed by atoms with E-state index in [2.05, 4.69) is 0 Å². The van der Waals surface area contributed by atoms with Gasteiger partial charge in [0, 0.05) is 14.9 Å². The molecular formula is C13H9NO2. The lowest BCUT2D eigenvalue weighted by molar-refractivity contribution is -0.384. The SMILES string of the molecule is [3H]c1cc2c(cc1[N+](=O)[O-])C([3H])([3H])c1ccccc1-2. The molecule has 0 amide bonds. The molecule has 16 heavy (non-hydrogen) atoms. The number of rotatable bonds is 1. The Balaban J connectivity index is 2.36. The van der Waals surface area contributed by atoms with Crippen LogP contribution in [0, 0.1) is 10.1 Å². The number of hydrogen-bond donors (Lipinski definition) is 0. The van der Waals surface area contributed by atoms with Gasteiger partial charge < -0.3 is 0 Å². The fraction of sp³-hybridized carbons (Fsp3) is 0.0769. The highest BCUT2D eigenvalue weighted by molar-refractivity contribution is 5.77. The van der Waals surface area contributed by atoms with Crippen LogP contribution in [0.5, 0.6) is 0 Å². The van der Waals surface area contributed by atoms with Gasteiger partial charge >= 0.3 is 0 Å². The molecule has 0 spiro atoms. The number of hydrogen-bond acceptors (Lipinski definition) is 2. The maximum absolute atomic E-state index is 10.9. The molecule has 0 saturated heterocycles. The number of benzene rings is 2. The van der Waals surface area contributed by atoms with Crippen LogP contribution in [-0.4, -0.2) is 4.92 Å². The normalized spacial score (nSPS) is 17.9. The minimum Gasteiger partial charge on any atom is -0.258 e. The van der Waals surface area contributed by atoms with E-state index in [1.807, 2.05) is 0 Å². The van der Waals surface area contributed by atoms with Gasteiger partial charge in [-0.25, -0.2) is 0 Å². The van der Waals surface area contributed by atoms with E-state index in [0.29, 0.717) is 16.7 Å². The highest BCUT2D eigenvalue weighted by Crippen LogP contribution is 2.37. The summed E-state index contributed by atoms with van der Waals surface area (Å²) in [6.07, 6.45) is -1.76. The molecule has 0 heterocycles. The highest BCUT2D eigenvalue weighted by atomic mass is 16.6. The van der Waals surface area contributed by atoms with Crippen LogP contribution in [0.4, 0.5) is 5.69 Å². The number of nitro groups is 1. The van der Waals surface area contributed by atoms with E-state index in [1.54, 1.807) is 24.3 Å². The molecule has 0 radical (unpaired) electrons. The van der Waals surface area contributed by atoms with Crippen molar-refractivity contribution in [1.82, 2.24) is 0 Å². The lowest BCUT2D eigenvalue weighted by Crippen LogP contribution is -1.89. The molecule has 0 aliphatic heterocycles. The molecule has 1 aliphatic rings. The van der Waals surface area contributed by atoms with Gasteiger partial charge in [-0.1, -0.05) is 24.3 Å². The Bertz CT molecular complexity index is 713. The smallest absolute Gasteiger partial charge is 0.258 e. The molecular weight excluding hydrogens is 202 g/mol. The van der Waals surface area contributed by atoms with Crippen LogP contribution in [-0.2, 0) is 6.37 Å². The zero-order valence-corrected chi connectivity index (χ0v) is 8.23. The Hall–Kier alpha value is -2.16. The lowest BCUT2D eigenvalue weighted by atomic mass is 10.1. The second-order valence-electron chi connectivity index (χ2n) is 3.57. The van der Waals surface area contributed by atoms with Crippen molar-refractivity contribution in [3.05, 3.63) is 63.7 Å². The molecule has 0 unspecified atom stereocenters. The molecule has 3 rings (SSSR count). The zero-order chi connectivity index (χ0) is 13.8. The van der Waals surface area contributed by atoms with Crippen molar-refractivity contribution in [2.75, 3.05) is 0 Å². The molecule has 2 aromatic rings. The van der Waals surface area contributed by atoms with E-state index >= 15 is 0 Å². The van der Waals surface area contributed by atoms with E-state index in [-0.39, 0.29) is 17.3 Å². The Morgan fingerprint density at radius 3 is 2.81 bits per heavy atom. The Kier molecular flexibility index (Phi) is 1.27. The molecule has 3 nitrogen and oxygen atoms in total. The molecule has 0 fully saturated rings. The first kappa shape index (κ1) is 6.43. The van der Waals surface area contributed by atoms with Gasteiger partial charge in [-0.15, -0.1) is 0 Å². The summed E-state index contributed by atoms with van der Waals surface area (Å²) in [5.74, 6) is 0. The van der Waals surface area contributed by atoms with Gasteiger partial charge in [-0.3, -0.25) is 10.1 Å². The molecule has 0 N–H and O–H groups in total. The maximum atomic E-state index is 10.9. The lowest BCUT2D eigenvalue weighted by Gasteiger charge is -1.99. The van der Waals surface area contributed by atoms with Crippen LogP contribution < -0.4 is 0 Å². The monoisotopic (exact) mass is 217 g/mol. The minimum atomic E-state index is -1.76. The molecule has 1 aliphatic carbocycles. The molecule has 0 aromatic heterocycles. The molecule has 3 heteroatoms. The molecule has 2 aromatic carbocycles. The minimum absolute atomic E-state index is 0.198. The van der Waals surface area contributed by atoms with E-state index in [0.717, 1.165) is 0 Å². The van der Waals surface area contributed by atoms with Crippen LogP contribution in [0.3, 0.4) is 0 Å². The van der Waals surface area contributed by atoms with Crippen LogP contribution >= 0.6 is 0 Å². The van der Waals surface area contributed by atoms with Gasteiger partial charge in [0.15, 0.2) is 0 Å². The molecule has 0 saturated carbocycles. The second kappa shape index (κ2) is 3.17. The third kappa shape index (κ3) is 1.21. The second-order valence-corrected chi connectivity index (χ2v) is 3.57. The summed E-state index contributed by atoms with van der Waals surface area (Å²) in [5.41, 5.74) is 1.65. The molecule has 0 bridgehead atoms. The number of nitrogens with zero attached hydrogens (tertiary/aromatic N) is 1. The van der Waals surface area contributed by atoms with Crippen molar-refractivity contribution in [3.63, 3.8) is 0 Å². The van der Waals surface area contributed by atoms with Gasteiger partial charge in [0.05, 0.1) is 6.29 Å². The van der Waals surface area contributed by atoms with Crippen LogP contribution in [0.15, 0.2) is 42.4 Å². The number of fused-ring (bicyclic) bond motifs is 3. The predicted molar refractivity (Wildman–Crippen MR) is 61.3 cm³/mol. The Morgan fingerprint density at radius 2 is 2.00 bits per heavy atom. The third-order valence-corrected chi connectivity index (χ3v) is 2.62. The van der Waals surface area contributed by atoms with Crippen LogP contribution in [0.25, 0.3) is 11.1 Å². The summed E-state index contributed by atoms with van der Waals surface area (Å²) in [5, 5.41) is 10.9. The largest absolute Gasteiger partial charge is 0.269 e. The van der Waals surface area contributed by atoms with Gasteiger partial charge in [0.25, 0.3) is 5.69 Å². The Morgan fingerprint density at radius 1 is 1.25 bits per heavy atom. The van der Waals surface area contributed by atoms with E-state index < -0.39 is 11.3 Å². The summed E-state index contributed by atoms with van der Waals surface area (Å²) in [6.45, 7) is 0. The van der Waals surface area contributed by atoms with Gasteiger partial charge in [0.2, 0.25) is 0 Å².